The average molecular weight is 483 g/mol. The van der Waals surface area contributed by atoms with Crippen molar-refractivity contribution in [2.75, 3.05) is 42.2 Å². The van der Waals surface area contributed by atoms with Gasteiger partial charge in [-0.05, 0) is 49.2 Å². The maximum absolute atomic E-state index is 13.2. The molecule has 0 saturated heterocycles. The molecule has 2 aromatic carbocycles. The van der Waals surface area contributed by atoms with Crippen LogP contribution in [0.5, 0.6) is 11.6 Å². The second kappa shape index (κ2) is 9.22. The standard InChI is InChI=1S/C24H26N4O5S/c1-15-6-5-7-16(2)22(15)27-34(30,31)21-13-18(14-25-24(21)32-4)26-23(29)17-8-9-19-20(12-17)33-11-10-28(19)3/h5-9,12-14,27H,10-11H2,1-4H3,(H,26,29). The van der Waals surface area contributed by atoms with Gasteiger partial charge in [-0.3, -0.25) is 9.52 Å². The summed E-state index contributed by atoms with van der Waals surface area (Å²) >= 11 is 0. The van der Waals surface area contributed by atoms with Gasteiger partial charge in [-0.25, -0.2) is 13.4 Å². The van der Waals surface area contributed by atoms with Crippen molar-refractivity contribution in [3.8, 4) is 11.6 Å². The minimum absolute atomic E-state index is 0.0815. The molecule has 1 amide bonds. The molecule has 0 saturated carbocycles. The fraction of sp³-hybridized carbons (Fsp3) is 0.250. The molecule has 0 unspecified atom stereocenters. The maximum Gasteiger partial charge on any atom is 0.267 e. The first kappa shape index (κ1) is 23.4. The lowest BCUT2D eigenvalue weighted by atomic mass is 10.1. The first-order valence-electron chi connectivity index (χ1n) is 10.6. The van der Waals surface area contributed by atoms with Crippen LogP contribution in [0.15, 0.2) is 53.6 Å². The summed E-state index contributed by atoms with van der Waals surface area (Å²) < 4.78 is 39.9. The van der Waals surface area contributed by atoms with E-state index < -0.39 is 15.9 Å². The van der Waals surface area contributed by atoms with Gasteiger partial charge in [0.2, 0.25) is 5.88 Å². The molecule has 34 heavy (non-hydrogen) atoms. The number of fused-ring (bicyclic) bond motifs is 1. The largest absolute Gasteiger partial charge is 0.490 e. The molecule has 0 radical (unpaired) electrons. The highest BCUT2D eigenvalue weighted by atomic mass is 32.2. The summed E-state index contributed by atoms with van der Waals surface area (Å²) in [4.78, 5) is 18.8. The van der Waals surface area contributed by atoms with E-state index in [1.165, 1.54) is 19.4 Å². The average Bonchev–Trinajstić information content (AvgIpc) is 2.81. The van der Waals surface area contributed by atoms with Crippen molar-refractivity contribution in [3.63, 3.8) is 0 Å². The number of methoxy groups -OCH3 is 1. The Labute approximate surface area is 198 Å². The zero-order valence-electron chi connectivity index (χ0n) is 19.4. The number of likely N-dealkylation sites (N-methyl/N-ethyl adjacent to an activating group) is 1. The Kier molecular flexibility index (Phi) is 6.34. The number of hydrogen-bond donors (Lipinski definition) is 2. The van der Waals surface area contributed by atoms with E-state index in [-0.39, 0.29) is 16.5 Å². The number of carbonyl (C=O) groups excluding carboxylic acids is 1. The molecule has 0 fully saturated rings. The van der Waals surface area contributed by atoms with Crippen LogP contribution in [0.4, 0.5) is 17.1 Å². The predicted molar refractivity (Wildman–Crippen MR) is 131 cm³/mol. The minimum atomic E-state index is -4.06. The maximum atomic E-state index is 13.2. The minimum Gasteiger partial charge on any atom is -0.490 e. The molecular weight excluding hydrogens is 456 g/mol. The second-order valence-corrected chi connectivity index (χ2v) is 9.66. The van der Waals surface area contributed by atoms with Gasteiger partial charge < -0.3 is 19.7 Å². The number of pyridine rings is 1. The summed E-state index contributed by atoms with van der Waals surface area (Å²) in [6.07, 6.45) is 1.34. The number of rotatable bonds is 6. The Balaban J connectivity index is 1.62. The van der Waals surface area contributed by atoms with E-state index in [2.05, 4.69) is 15.0 Å². The Hall–Kier alpha value is -3.79. The summed E-state index contributed by atoms with van der Waals surface area (Å²) in [6, 6.07) is 12.0. The number of nitrogens with one attached hydrogen (secondary N) is 2. The molecule has 1 aliphatic rings. The molecule has 2 heterocycles. The predicted octanol–water partition coefficient (Wildman–Crippen LogP) is 3.59. The Bertz CT molecular complexity index is 1340. The summed E-state index contributed by atoms with van der Waals surface area (Å²) in [7, 11) is -0.764. The molecule has 1 aromatic heterocycles. The van der Waals surface area contributed by atoms with Crippen molar-refractivity contribution >= 4 is 33.0 Å². The van der Waals surface area contributed by atoms with Crippen molar-refractivity contribution < 1.29 is 22.7 Å². The van der Waals surface area contributed by atoms with Gasteiger partial charge >= 0.3 is 0 Å². The van der Waals surface area contributed by atoms with Crippen molar-refractivity contribution in [1.82, 2.24) is 4.98 Å². The molecule has 1 aliphatic heterocycles. The summed E-state index contributed by atoms with van der Waals surface area (Å²) in [5.74, 6) is 0.120. The van der Waals surface area contributed by atoms with Crippen LogP contribution >= 0.6 is 0 Å². The number of aryl methyl sites for hydroxylation is 2. The smallest absolute Gasteiger partial charge is 0.267 e. The van der Waals surface area contributed by atoms with Gasteiger partial charge in [0.05, 0.1) is 36.9 Å². The van der Waals surface area contributed by atoms with Gasteiger partial charge in [0.1, 0.15) is 12.4 Å². The van der Waals surface area contributed by atoms with E-state index in [4.69, 9.17) is 9.47 Å². The van der Waals surface area contributed by atoms with Crippen LogP contribution in [0.2, 0.25) is 0 Å². The molecule has 2 N–H and O–H groups in total. The number of carbonyl (C=O) groups is 1. The van der Waals surface area contributed by atoms with Crippen molar-refractivity contribution in [3.05, 3.63) is 65.4 Å². The number of aromatic nitrogens is 1. The summed E-state index contributed by atoms with van der Waals surface area (Å²) in [5, 5.41) is 2.71. The van der Waals surface area contributed by atoms with E-state index in [1.807, 2.05) is 50.1 Å². The number of amides is 1. The van der Waals surface area contributed by atoms with Crippen LogP contribution in [0.1, 0.15) is 21.5 Å². The molecule has 0 bridgehead atoms. The van der Waals surface area contributed by atoms with E-state index >= 15 is 0 Å². The number of benzene rings is 2. The molecule has 0 aliphatic carbocycles. The Morgan fingerprint density at radius 1 is 1.15 bits per heavy atom. The normalized spacial score (nSPS) is 13.0. The molecular formula is C24H26N4O5S. The van der Waals surface area contributed by atoms with Gasteiger partial charge in [-0.1, -0.05) is 18.2 Å². The fourth-order valence-electron chi connectivity index (χ4n) is 3.71. The highest BCUT2D eigenvalue weighted by molar-refractivity contribution is 7.92. The summed E-state index contributed by atoms with van der Waals surface area (Å²) in [5.41, 5.74) is 3.53. The van der Waals surface area contributed by atoms with Crippen LogP contribution in [0, 0.1) is 13.8 Å². The third kappa shape index (κ3) is 4.62. The fourth-order valence-corrected chi connectivity index (χ4v) is 5.06. The first-order valence-corrected chi connectivity index (χ1v) is 12.1. The van der Waals surface area contributed by atoms with E-state index in [0.29, 0.717) is 23.6 Å². The van der Waals surface area contributed by atoms with Crippen molar-refractivity contribution in [2.24, 2.45) is 0 Å². The Morgan fingerprint density at radius 3 is 2.59 bits per heavy atom. The van der Waals surface area contributed by atoms with Crippen LogP contribution in [0.3, 0.4) is 0 Å². The lowest BCUT2D eigenvalue weighted by Crippen LogP contribution is -2.29. The topological polar surface area (TPSA) is 110 Å². The second-order valence-electron chi connectivity index (χ2n) is 8.01. The summed E-state index contributed by atoms with van der Waals surface area (Å²) in [6.45, 7) is 4.93. The van der Waals surface area contributed by atoms with Crippen LogP contribution in [-0.2, 0) is 10.0 Å². The molecule has 0 spiro atoms. The lowest BCUT2D eigenvalue weighted by molar-refractivity contribution is 0.102. The van der Waals surface area contributed by atoms with E-state index in [0.717, 1.165) is 23.4 Å². The zero-order valence-corrected chi connectivity index (χ0v) is 20.2. The van der Waals surface area contributed by atoms with Crippen molar-refractivity contribution in [1.29, 1.82) is 0 Å². The van der Waals surface area contributed by atoms with Crippen LogP contribution in [-0.4, -0.2) is 46.6 Å². The number of anilines is 3. The van der Waals surface area contributed by atoms with E-state index in [9.17, 15) is 13.2 Å². The van der Waals surface area contributed by atoms with Gasteiger partial charge in [-0.15, -0.1) is 0 Å². The van der Waals surface area contributed by atoms with Crippen LogP contribution in [0.25, 0.3) is 0 Å². The quantitative estimate of drug-likeness (QED) is 0.553. The van der Waals surface area contributed by atoms with Gasteiger partial charge in [-0.2, -0.15) is 0 Å². The highest BCUT2D eigenvalue weighted by Crippen LogP contribution is 2.32. The molecule has 4 rings (SSSR count). The third-order valence-corrected chi connectivity index (χ3v) is 6.94. The highest BCUT2D eigenvalue weighted by Gasteiger charge is 2.24. The molecule has 3 aromatic rings. The number of ether oxygens (including phenoxy) is 2. The first-order chi connectivity index (χ1) is 16.2. The molecule has 0 atom stereocenters. The number of nitrogens with zero attached hydrogens (tertiary/aromatic N) is 2. The SMILES string of the molecule is COc1ncc(NC(=O)c2ccc3c(c2)OCCN3C)cc1S(=O)(=O)Nc1c(C)cccc1C. The lowest BCUT2D eigenvalue weighted by Gasteiger charge is -2.27. The van der Waals surface area contributed by atoms with Gasteiger partial charge in [0.25, 0.3) is 15.9 Å². The third-order valence-electron chi connectivity index (χ3n) is 5.59. The van der Waals surface area contributed by atoms with Crippen LogP contribution < -0.4 is 24.4 Å². The molecule has 9 nitrogen and oxygen atoms in total. The number of hydrogen-bond acceptors (Lipinski definition) is 7. The van der Waals surface area contributed by atoms with Gasteiger partial charge in [0, 0.05) is 12.6 Å². The van der Waals surface area contributed by atoms with Crippen molar-refractivity contribution in [2.45, 2.75) is 18.7 Å². The van der Waals surface area contributed by atoms with E-state index in [1.54, 1.807) is 12.1 Å². The Morgan fingerprint density at radius 2 is 1.88 bits per heavy atom. The van der Waals surface area contributed by atoms with Gasteiger partial charge in [0.15, 0.2) is 4.90 Å². The molecule has 10 heteroatoms. The monoisotopic (exact) mass is 482 g/mol. The number of para-hydroxylation sites is 1. The zero-order chi connectivity index (χ0) is 24.5. The molecule has 178 valence electrons. The number of sulfonamides is 1.